The summed E-state index contributed by atoms with van der Waals surface area (Å²) in [5.74, 6) is 1.49. The second kappa shape index (κ2) is 7.09. The molecule has 1 unspecified atom stereocenters. The van der Waals surface area contributed by atoms with E-state index in [9.17, 15) is 10.1 Å². The van der Waals surface area contributed by atoms with Crippen LogP contribution >= 0.6 is 0 Å². The number of ether oxygens (including phenoxy) is 2. The third-order valence-electron chi connectivity index (χ3n) is 3.54. The van der Waals surface area contributed by atoms with Gasteiger partial charge in [-0.25, -0.2) is 0 Å². The lowest BCUT2D eigenvalue weighted by Crippen LogP contribution is -2.30. The molecule has 0 spiro atoms. The van der Waals surface area contributed by atoms with Gasteiger partial charge in [0.1, 0.15) is 5.75 Å². The number of piperidine rings is 1. The summed E-state index contributed by atoms with van der Waals surface area (Å²) in [5.41, 5.74) is -0.0451. The van der Waals surface area contributed by atoms with Crippen molar-refractivity contribution in [2.75, 3.05) is 26.8 Å². The fourth-order valence-corrected chi connectivity index (χ4v) is 2.41. The number of benzene rings is 1. The molecular weight excluding hydrogens is 260 g/mol. The van der Waals surface area contributed by atoms with Crippen LogP contribution in [0.4, 0.5) is 5.69 Å². The molecule has 1 aliphatic rings. The van der Waals surface area contributed by atoms with Crippen molar-refractivity contribution in [3.8, 4) is 11.5 Å². The highest BCUT2D eigenvalue weighted by molar-refractivity contribution is 5.50. The molecule has 1 atom stereocenters. The van der Waals surface area contributed by atoms with E-state index < -0.39 is 4.92 Å². The number of nitrogens with zero attached hydrogens (tertiary/aromatic N) is 1. The van der Waals surface area contributed by atoms with Crippen molar-refractivity contribution in [3.05, 3.63) is 28.3 Å². The van der Waals surface area contributed by atoms with E-state index in [0.29, 0.717) is 18.3 Å². The van der Waals surface area contributed by atoms with Crippen molar-refractivity contribution in [3.63, 3.8) is 0 Å². The molecular formula is C14H20N2O4. The van der Waals surface area contributed by atoms with Crippen molar-refractivity contribution in [2.45, 2.75) is 19.3 Å². The van der Waals surface area contributed by atoms with Gasteiger partial charge in [0.05, 0.1) is 18.6 Å². The Hall–Kier alpha value is -1.82. The zero-order chi connectivity index (χ0) is 14.4. The van der Waals surface area contributed by atoms with E-state index in [2.05, 4.69) is 5.32 Å². The van der Waals surface area contributed by atoms with Gasteiger partial charge in [0.2, 0.25) is 5.75 Å². The lowest BCUT2D eigenvalue weighted by atomic mass is 9.97. The first-order chi connectivity index (χ1) is 9.70. The van der Waals surface area contributed by atoms with Crippen LogP contribution in [-0.4, -0.2) is 31.7 Å². The number of nitro benzene ring substituents is 1. The summed E-state index contributed by atoms with van der Waals surface area (Å²) in [6.45, 7) is 2.77. The summed E-state index contributed by atoms with van der Waals surface area (Å²) in [6.07, 6.45) is 3.45. The normalized spacial score (nSPS) is 18.6. The molecule has 2 rings (SSSR count). The zero-order valence-corrected chi connectivity index (χ0v) is 11.6. The smallest absolute Gasteiger partial charge is 0.311 e. The SMILES string of the molecule is COc1cc(OCCC2CCCNC2)ccc1[N+](=O)[O-]. The van der Waals surface area contributed by atoms with Gasteiger partial charge < -0.3 is 14.8 Å². The van der Waals surface area contributed by atoms with Crippen molar-refractivity contribution >= 4 is 5.69 Å². The maximum Gasteiger partial charge on any atom is 0.311 e. The third kappa shape index (κ3) is 3.84. The minimum absolute atomic E-state index is 0.0451. The van der Waals surface area contributed by atoms with Gasteiger partial charge in [-0.3, -0.25) is 10.1 Å². The Kier molecular flexibility index (Phi) is 5.17. The Bertz CT molecular complexity index is 458. The fraction of sp³-hybridized carbons (Fsp3) is 0.571. The predicted molar refractivity (Wildman–Crippen MR) is 75.4 cm³/mol. The number of rotatable bonds is 6. The molecule has 1 aromatic rings. The molecule has 110 valence electrons. The summed E-state index contributed by atoms with van der Waals surface area (Å²) >= 11 is 0. The monoisotopic (exact) mass is 280 g/mol. The van der Waals surface area contributed by atoms with Crippen molar-refractivity contribution in [1.29, 1.82) is 0 Å². The lowest BCUT2D eigenvalue weighted by Gasteiger charge is -2.22. The molecule has 0 bridgehead atoms. The van der Waals surface area contributed by atoms with Crippen LogP contribution in [0.2, 0.25) is 0 Å². The minimum Gasteiger partial charge on any atom is -0.493 e. The number of methoxy groups -OCH3 is 1. The second-order valence-electron chi connectivity index (χ2n) is 4.94. The number of nitrogens with one attached hydrogen (secondary N) is 1. The van der Waals surface area contributed by atoms with E-state index in [1.807, 2.05) is 0 Å². The van der Waals surface area contributed by atoms with E-state index in [-0.39, 0.29) is 11.4 Å². The highest BCUT2D eigenvalue weighted by Gasteiger charge is 2.16. The highest BCUT2D eigenvalue weighted by atomic mass is 16.6. The van der Waals surface area contributed by atoms with Gasteiger partial charge in [0.15, 0.2) is 0 Å². The van der Waals surface area contributed by atoms with Gasteiger partial charge in [0, 0.05) is 12.1 Å². The van der Waals surface area contributed by atoms with Crippen LogP contribution in [-0.2, 0) is 0 Å². The maximum absolute atomic E-state index is 10.8. The predicted octanol–water partition coefficient (Wildman–Crippen LogP) is 2.37. The third-order valence-corrected chi connectivity index (χ3v) is 3.54. The molecule has 0 aliphatic carbocycles. The molecule has 1 aliphatic heterocycles. The molecule has 6 heteroatoms. The lowest BCUT2D eigenvalue weighted by molar-refractivity contribution is -0.385. The molecule has 1 heterocycles. The molecule has 20 heavy (non-hydrogen) atoms. The van der Waals surface area contributed by atoms with Crippen molar-refractivity contribution < 1.29 is 14.4 Å². The van der Waals surface area contributed by atoms with Crippen LogP contribution in [0.3, 0.4) is 0 Å². The summed E-state index contributed by atoms with van der Waals surface area (Å²) in [5, 5.41) is 14.2. The van der Waals surface area contributed by atoms with Crippen molar-refractivity contribution in [1.82, 2.24) is 5.32 Å². The number of hydrogen-bond acceptors (Lipinski definition) is 5. The van der Waals surface area contributed by atoms with E-state index >= 15 is 0 Å². The van der Waals surface area contributed by atoms with Crippen LogP contribution in [0, 0.1) is 16.0 Å². The quantitative estimate of drug-likeness (QED) is 0.639. The first-order valence-electron chi connectivity index (χ1n) is 6.86. The average molecular weight is 280 g/mol. The largest absolute Gasteiger partial charge is 0.493 e. The van der Waals surface area contributed by atoms with Gasteiger partial charge in [-0.15, -0.1) is 0 Å². The van der Waals surface area contributed by atoms with Crippen LogP contribution in [0.5, 0.6) is 11.5 Å². The molecule has 1 aromatic carbocycles. The molecule has 0 radical (unpaired) electrons. The topological polar surface area (TPSA) is 73.6 Å². The molecule has 0 saturated carbocycles. The van der Waals surface area contributed by atoms with E-state index in [1.54, 1.807) is 12.1 Å². The van der Waals surface area contributed by atoms with Crippen LogP contribution in [0.25, 0.3) is 0 Å². The summed E-state index contributed by atoms with van der Waals surface area (Å²) in [6, 6.07) is 4.59. The van der Waals surface area contributed by atoms with E-state index in [0.717, 1.165) is 19.5 Å². The molecule has 1 fully saturated rings. The number of hydrogen-bond donors (Lipinski definition) is 1. The van der Waals surface area contributed by atoms with Crippen LogP contribution in [0.15, 0.2) is 18.2 Å². The van der Waals surface area contributed by atoms with E-state index in [4.69, 9.17) is 9.47 Å². The molecule has 6 nitrogen and oxygen atoms in total. The Morgan fingerprint density at radius 1 is 1.50 bits per heavy atom. The summed E-state index contributed by atoms with van der Waals surface area (Å²) in [7, 11) is 1.42. The molecule has 1 N–H and O–H groups in total. The Morgan fingerprint density at radius 3 is 3.00 bits per heavy atom. The van der Waals surface area contributed by atoms with Gasteiger partial charge in [-0.05, 0) is 44.3 Å². The molecule has 0 amide bonds. The van der Waals surface area contributed by atoms with E-state index in [1.165, 1.54) is 26.0 Å². The van der Waals surface area contributed by atoms with Gasteiger partial charge >= 0.3 is 5.69 Å². The van der Waals surface area contributed by atoms with Crippen LogP contribution < -0.4 is 14.8 Å². The molecule has 1 saturated heterocycles. The first-order valence-corrected chi connectivity index (χ1v) is 6.86. The Morgan fingerprint density at radius 2 is 2.35 bits per heavy atom. The maximum atomic E-state index is 10.8. The molecule has 0 aromatic heterocycles. The average Bonchev–Trinajstić information content (AvgIpc) is 2.48. The van der Waals surface area contributed by atoms with Gasteiger partial charge in [-0.2, -0.15) is 0 Å². The number of nitro groups is 1. The fourth-order valence-electron chi connectivity index (χ4n) is 2.41. The highest BCUT2D eigenvalue weighted by Crippen LogP contribution is 2.30. The van der Waals surface area contributed by atoms with Crippen LogP contribution in [0.1, 0.15) is 19.3 Å². The zero-order valence-electron chi connectivity index (χ0n) is 11.6. The summed E-state index contributed by atoms with van der Waals surface area (Å²) < 4.78 is 10.7. The Labute approximate surface area is 118 Å². The van der Waals surface area contributed by atoms with Gasteiger partial charge in [0.25, 0.3) is 0 Å². The standard InChI is InChI=1S/C14H20N2O4/c1-19-14-9-12(4-5-13(14)16(17)18)20-8-6-11-3-2-7-15-10-11/h4-5,9,11,15H,2-3,6-8,10H2,1H3. The first kappa shape index (κ1) is 14.6. The van der Waals surface area contributed by atoms with Gasteiger partial charge in [-0.1, -0.05) is 0 Å². The van der Waals surface area contributed by atoms with Crippen molar-refractivity contribution in [2.24, 2.45) is 5.92 Å². The minimum atomic E-state index is -0.462. The Balaban J connectivity index is 1.87. The summed E-state index contributed by atoms with van der Waals surface area (Å²) in [4.78, 5) is 10.3. The second-order valence-corrected chi connectivity index (χ2v) is 4.94.